The maximum absolute atomic E-state index is 12.4. The zero-order valence-electron chi connectivity index (χ0n) is 12.2. The molecule has 1 aliphatic rings. The summed E-state index contributed by atoms with van der Waals surface area (Å²) >= 11 is 0. The Bertz CT molecular complexity index is 574. The van der Waals surface area contributed by atoms with Gasteiger partial charge in [-0.05, 0) is 25.1 Å². The largest absolute Gasteiger partial charge is 0.337 e. The van der Waals surface area contributed by atoms with E-state index in [0.717, 1.165) is 13.0 Å². The second-order valence-electron chi connectivity index (χ2n) is 5.35. The van der Waals surface area contributed by atoms with Gasteiger partial charge in [0.25, 0.3) is 5.91 Å². The van der Waals surface area contributed by atoms with Crippen molar-refractivity contribution in [3.8, 4) is 0 Å². The van der Waals surface area contributed by atoms with Crippen molar-refractivity contribution in [3.05, 3.63) is 30.1 Å². The van der Waals surface area contributed by atoms with E-state index in [9.17, 15) is 13.2 Å². The minimum Gasteiger partial charge on any atom is -0.337 e. The van der Waals surface area contributed by atoms with E-state index < -0.39 is 9.84 Å². The van der Waals surface area contributed by atoms with Crippen LogP contribution in [-0.2, 0) is 9.84 Å². The van der Waals surface area contributed by atoms with Crippen molar-refractivity contribution < 1.29 is 13.2 Å². The number of carbonyl (C=O) groups excluding carboxylic acids is 1. The minimum absolute atomic E-state index is 0.0161. The van der Waals surface area contributed by atoms with E-state index in [1.54, 1.807) is 24.5 Å². The van der Waals surface area contributed by atoms with Crippen LogP contribution in [0.3, 0.4) is 0 Å². The first-order valence-electron chi connectivity index (χ1n) is 7.05. The summed E-state index contributed by atoms with van der Waals surface area (Å²) < 4.78 is 22.4. The number of rotatable bonds is 4. The summed E-state index contributed by atoms with van der Waals surface area (Å²) in [5.41, 5.74) is 0.648. The highest BCUT2D eigenvalue weighted by molar-refractivity contribution is 7.90. The van der Waals surface area contributed by atoms with Gasteiger partial charge in [0, 0.05) is 50.4 Å². The predicted molar refractivity (Wildman–Crippen MR) is 80.9 cm³/mol. The van der Waals surface area contributed by atoms with Crippen molar-refractivity contribution in [2.45, 2.75) is 6.42 Å². The van der Waals surface area contributed by atoms with Gasteiger partial charge in [0.1, 0.15) is 9.84 Å². The molecule has 1 saturated heterocycles. The van der Waals surface area contributed by atoms with Crippen LogP contribution in [0.15, 0.2) is 24.5 Å². The molecule has 2 heterocycles. The van der Waals surface area contributed by atoms with Gasteiger partial charge in [-0.2, -0.15) is 0 Å². The molecule has 0 N–H and O–H groups in total. The quantitative estimate of drug-likeness (QED) is 0.798. The maximum Gasteiger partial charge on any atom is 0.254 e. The summed E-state index contributed by atoms with van der Waals surface area (Å²) in [6, 6.07) is 3.43. The van der Waals surface area contributed by atoms with E-state index in [2.05, 4.69) is 9.88 Å². The molecule has 0 unspecified atom stereocenters. The molecule has 1 aliphatic heterocycles. The van der Waals surface area contributed by atoms with E-state index in [-0.39, 0.29) is 11.7 Å². The molecule has 1 aromatic heterocycles. The molecule has 0 saturated carbocycles. The number of sulfone groups is 1. The van der Waals surface area contributed by atoms with Crippen molar-refractivity contribution in [1.82, 2.24) is 14.8 Å². The summed E-state index contributed by atoms with van der Waals surface area (Å²) in [6.07, 6.45) is 5.34. The maximum atomic E-state index is 12.4. The summed E-state index contributed by atoms with van der Waals surface area (Å²) in [4.78, 5) is 20.2. The number of nitrogens with zero attached hydrogens (tertiary/aromatic N) is 3. The smallest absolute Gasteiger partial charge is 0.254 e. The Hall–Kier alpha value is -1.47. The minimum atomic E-state index is -2.94. The van der Waals surface area contributed by atoms with Crippen LogP contribution < -0.4 is 0 Å². The fourth-order valence-electron chi connectivity index (χ4n) is 2.37. The highest BCUT2D eigenvalue weighted by atomic mass is 32.2. The van der Waals surface area contributed by atoms with Crippen molar-refractivity contribution in [2.24, 2.45) is 0 Å². The van der Waals surface area contributed by atoms with Crippen molar-refractivity contribution in [1.29, 1.82) is 0 Å². The number of hydrogen-bond acceptors (Lipinski definition) is 5. The number of hydrogen-bond donors (Lipinski definition) is 0. The summed E-state index contributed by atoms with van der Waals surface area (Å²) in [7, 11) is -2.94. The summed E-state index contributed by atoms with van der Waals surface area (Å²) in [6.45, 7) is 3.42. The number of pyridine rings is 1. The fourth-order valence-corrected chi connectivity index (χ4v) is 2.96. The third-order valence-electron chi connectivity index (χ3n) is 3.58. The third kappa shape index (κ3) is 5.09. The monoisotopic (exact) mass is 311 g/mol. The van der Waals surface area contributed by atoms with Gasteiger partial charge in [0.15, 0.2) is 0 Å². The molecule has 1 amide bonds. The van der Waals surface area contributed by atoms with Crippen LogP contribution >= 0.6 is 0 Å². The first-order chi connectivity index (χ1) is 9.96. The molecule has 0 bridgehead atoms. The molecule has 21 heavy (non-hydrogen) atoms. The van der Waals surface area contributed by atoms with Crippen LogP contribution in [-0.4, -0.2) is 73.8 Å². The molecule has 7 heteroatoms. The van der Waals surface area contributed by atoms with Gasteiger partial charge in [-0.3, -0.25) is 9.78 Å². The zero-order chi connectivity index (χ0) is 15.3. The van der Waals surface area contributed by atoms with Crippen LogP contribution in [0.2, 0.25) is 0 Å². The highest BCUT2D eigenvalue weighted by Gasteiger charge is 2.20. The Morgan fingerprint density at radius 2 is 1.90 bits per heavy atom. The standard InChI is InChI=1S/C14H21N3O3S/c1-21(19,20)12-11-16-7-2-8-17(10-9-16)14(18)13-3-5-15-6-4-13/h3-6H,2,7-12H2,1H3. The lowest BCUT2D eigenvalue weighted by Gasteiger charge is -2.21. The van der Waals surface area contributed by atoms with Crippen LogP contribution in [0, 0.1) is 0 Å². The normalized spacial score (nSPS) is 17.5. The molecule has 6 nitrogen and oxygen atoms in total. The SMILES string of the molecule is CS(=O)(=O)CCN1CCCN(C(=O)c2ccncc2)CC1. The molecule has 2 rings (SSSR count). The summed E-state index contributed by atoms with van der Waals surface area (Å²) in [5, 5.41) is 0. The van der Waals surface area contributed by atoms with Gasteiger partial charge >= 0.3 is 0 Å². The second-order valence-corrected chi connectivity index (χ2v) is 7.61. The van der Waals surface area contributed by atoms with E-state index in [4.69, 9.17) is 0 Å². The molecular formula is C14H21N3O3S. The second kappa shape index (κ2) is 7.00. The third-order valence-corrected chi connectivity index (χ3v) is 4.51. The van der Waals surface area contributed by atoms with Gasteiger partial charge in [-0.1, -0.05) is 0 Å². The number of aromatic nitrogens is 1. The molecule has 0 aromatic carbocycles. The molecule has 0 radical (unpaired) electrons. The number of amides is 1. The Balaban J connectivity index is 1.90. The lowest BCUT2D eigenvalue weighted by Crippen LogP contribution is -2.36. The lowest BCUT2D eigenvalue weighted by atomic mass is 10.2. The zero-order valence-corrected chi connectivity index (χ0v) is 13.1. The topological polar surface area (TPSA) is 70.6 Å². The van der Waals surface area contributed by atoms with Gasteiger partial charge in [-0.25, -0.2) is 8.42 Å². The van der Waals surface area contributed by atoms with E-state index in [0.29, 0.717) is 31.7 Å². The Morgan fingerprint density at radius 3 is 2.57 bits per heavy atom. The van der Waals surface area contributed by atoms with E-state index in [1.165, 1.54) is 6.26 Å². The highest BCUT2D eigenvalue weighted by Crippen LogP contribution is 2.08. The van der Waals surface area contributed by atoms with Gasteiger partial charge in [0.05, 0.1) is 5.75 Å². The molecule has 1 fully saturated rings. The summed E-state index contributed by atoms with van der Waals surface area (Å²) in [5.74, 6) is 0.188. The lowest BCUT2D eigenvalue weighted by molar-refractivity contribution is 0.0761. The average molecular weight is 311 g/mol. The van der Waals surface area contributed by atoms with Gasteiger partial charge in [-0.15, -0.1) is 0 Å². The van der Waals surface area contributed by atoms with Crippen molar-refractivity contribution >= 4 is 15.7 Å². The first-order valence-corrected chi connectivity index (χ1v) is 9.11. The molecule has 1 aromatic rings. The van der Waals surface area contributed by atoms with Crippen LogP contribution in [0.4, 0.5) is 0 Å². The van der Waals surface area contributed by atoms with E-state index >= 15 is 0 Å². The van der Waals surface area contributed by atoms with Crippen molar-refractivity contribution in [2.75, 3.05) is 44.7 Å². The van der Waals surface area contributed by atoms with Crippen molar-refractivity contribution in [3.63, 3.8) is 0 Å². The molecular weight excluding hydrogens is 290 g/mol. The van der Waals surface area contributed by atoms with Crippen LogP contribution in [0.25, 0.3) is 0 Å². The Kier molecular flexibility index (Phi) is 5.30. The molecule has 0 aliphatic carbocycles. The van der Waals surface area contributed by atoms with E-state index in [1.807, 2.05) is 4.90 Å². The van der Waals surface area contributed by atoms with Gasteiger partial charge in [0.2, 0.25) is 0 Å². The molecule has 0 spiro atoms. The fraction of sp³-hybridized carbons (Fsp3) is 0.571. The van der Waals surface area contributed by atoms with Crippen LogP contribution in [0.5, 0.6) is 0 Å². The number of carbonyl (C=O) groups is 1. The Labute approximate surface area is 125 Å². The first kappa shape index (κ1) is 15.9. The Morgan fingerprint density at radius 1 is 1.19 bits per heavy atom. The molecule has 116 valence electrons. The van der Waals surface area contributed by atoms with Gasteiger partial charge < -0.3 is 9.80 Å². The molecule has 0 atom stereocenters. The van der Waals surface area contributed by atoms with Crippen LogP contribution in [0.1, 0.15) is 16.8 Å². The average Bonchev–Trinajstić information content (AvgIpc) is 2.70. The predicted octanol–water partition coefficient (Wildman–Crippen LogP) is 0.274.